The molecular formula is C27H38N2O2. The third-order valence-corrected chi connectivity index (χ3v) is 10.1. The van der Waals surface area contributed by atoms with Gasteiger partial charge in [-0.3, -0.25) is 9.59 Å². The molecule has 4 fully saturated rings. The average molecular weight is 423 g/mol. The third kappa shape index (κ3) is 3.32. The summed E-state index contributed by atoms with van der Waals surface area (Å²) in [4.78, 5) is 27.3. The Morgan fingerprint density at radius 2 is 1.74 bits per heavy atom. The van der Waals surface area contributed by atoms with Crippen LogP contribution >= 0.6 is 0 Å². The van der Waals surface area contributed by atoms with Gasteiger partial charge in [0, 0.05) is 25.6 Å². The lowest BCUT2D eigenvalue weighted by molar-refractivity contribution is -0.157. The first-order chi connectivity index (χ1) is 14.8. The minimum atomic E-state index is 0.170. The number of benzene rings is 1. The van der Waals surface area contributed by atoms with Crippen LogP contribution in [-0.4, -0.2) is 35.8 Å². The van der Waals surface area contributed by atoms with E-state index in [0.717, 1.165) is 36.7 Å². The van der Waals surface area contributed by atoms with Crippen molar-refractivity contribution in [2.75, 3.05) is 7.05 Å². The number of likely N-dealkylation sites (tertiary alicyclic amines) is 1. The summed E-state index contributed by atoms with van der Waals surface area (Å²) in [6.07, 6.45) is 9.45. The van der Waals surface area contributed by atoms with E-state index < -0.39 is 0 Å². The molecule has 3 saturated carbocycles. The molecule has 31 heavy (non-hydrogen) atoms. The van der Waals surface area contributed by atoms with Gasteiger partial charge in [-0.05, 0) is 79.1 Å². The number of rotatable bonds is 3. The van der Waals surface area contributed by atoms with E-state index in [4.69, 9.17) is 0 Å². The topological polar surface area (TPSA) is 49.4 Å². The molecule has 0 aromatic heterocycles. The van der Waals surface area contributed by atoms with Crippen LogP contribution in [0.5, 0.6) is 0 Å². The molecule has 1 aliphatic heterocycles. The van der Waals surface area contributed by atoms with Crippen molar-refractivity contribution < 1.29 is 9.59 Å². The van der Waals surface area contributed by atoms with Crippen LogP contribution in [0, 0.1) is 28.6 Å². The normalized spacial score (nSPS) is 41.8. The number of piperidine rings is 1. The Labute approximate surface area is 187 Å². The van der Waals surface area contributed by atoms with E-state index in [1.54, 1.807) is 0 Å². The van der Waals surface area contributed by atoms with Crippen molar-refractivity contribution >= 4 is 11.8 Å². The van der Waals surface area contributed by atoms with Crippen molar-refractivity contribution in [1.29, 1.82) is 0 Å². The molecule has 1 aromatic rings. The second-order valence-electron chi connectivity index (χ2n) is 11.4. The molecule has 0 radical (unpaired) electrons. The van der Waals surface area contributed by atoms with Crippen LogP contribution in [0.3, 0.4) is 0 Å². The van der Waals surface area contributed by atoms with Gasteiger partial charge in [0.2, 0.25) is 11.8 Å². The van der Waals surface area contributed by atoms with E-state index in [1.807, 2.05) is 37.4 Å². The van der Waals surface area contributed by atoms with Crippen molar-refractivity contribution in [3.8, 4) is 0 Å². The molecular weight excluding hydrogens is 384 g/mol. The number of nitrogens with zero attached hydrogens (tertiary/aromatic N) is 1. The molecule has 2 unspecified atom stereocenters. The van der Waals surface area contributed by atoms with Gasteiger partial charge in [0.25, 0.3) is 0 Å². The summed E-state index contributed by atoms with van der Waals surface area (Å²) in [5.74, 6) is 2.68. The Balaban J connectivity index is 1.30. The Morgan fingerprint density at radius 3 is 2.52 bits per heavy atom. The molecule has 4 aliphatic rings. The number of hydrogen-bond donors (Lipinski definition) is 1. The van der Waals surface area contributed by atoms with Crippen molar-refractivity contribution in [1.82, 2.24) is 10.2 Å². The zero-order valence-electron chi connectivity index (χ0n) is 19.4. The maximum Gasteiger partial charge on any atom is 0.224 e. The third-order valence-electron chi connectivity index (χ3n) is 10.1. The van der Waals surface area contributed by atoms with Crippen LogP contribution in [-0.2, 0) is 16.0 Å². The second-order valence-corrected chi connectivity index (χ2v) is 11.4. The number of nitrogens with one attached hydrogen (secondary N) is 1. The summed E-state index contributed by atoms with van der Waals surface area (Å²) in [6, 6.07) is 10.8. The van der Waals surface area contributed by atoms with Crippen molar-refractivity contribution in [2.24, 2.45) is 28.6 Å². The molecule has 4 nitrogen and oxygen atoms in total. The van der Waals surface area contributed by atoms with Gasteiger partial charge in [0.15, 0.2) is 0 Å². The highest BCUT2D eigenvalue weighted by molar-refractivity contribution is 5.79. The number of amides is 2. The maximum atomic E-state index is 12.8. The van der Waals surface area contributed by atoms with Gasteiger partial charge in [-0.15, -0.1) is 0 Å². The minimum Gasteiger partial charge on any atom is -0.353 e. The Bertz CT molecular complexity index is 854. The van der Waals surface area contributed by atoms with Crippen LogP contribution < -0.4 is 5.32 Å². The molecule has 5 rings (SSSR count). The smallest absolute Gasteiger partial charge is 0.224 e. The zero-order chi connectivity index (χ0) is 21.8. The van der Waals surface area contributed by atoms with Crippen LogP contribution in [0.15, 0.2) is 30.3 Å². The van der Waals surface area contributed by atoms with Crippen molar-refractivity contribution in [3.63, 3.8) is 0 Å². The van der Waals surface area contributed by atoms with Gasteiger partial charge in [-0.25, -0.2) is 0 Å². The van der Waals surface area contributed by atoms with Crippen LogP contribution in [0.2, 0.25) is 0 Å². The molecule has 3 aliphatic carbocycles. The maximum absolute atomic E-state index is 12.8. The summed E-state index contributed by atoms with van der Waals surface area (Å²) in [5, 5.41) is 3.45. The quantitative estimate of drug-likeness (QED) is 0.775. The monoisotopic (exact) mass is 422 g/mol. The summed E-state index contributed by atoms with van der Waals surface area (Å²) < 4.78 is 0. The average Bonchev–Trinajstić information content (AvgIpc) is 3.08. The van der Waals surface area contributed by atoms with Crippen molar-refractivity contribution in [2.45, 2.75) is 83.7 Å². The lowest BCUT2D eigenvalue weighted by Crippen LogP contribution is -2.62. The summed E-state index contributed by atoms with van der Waals surface area (Å²) in [7, 11) is 2.03. The van der Waals surface area contributed by atoms with E-state index in [1.165, 1.54) is 25.7 Å². The van der Waals surface area contributed by atoms with E-state index in [-0.39, 0.29) is 16.7 Å². The highest BCUT2D eigenvalue weighted by Crippen LogP contribution is 2.64. The molecule has 0 spiro atoms. The van der Waals surface area contributed by atoms with Crippen LogP contribution in [0.25, 0.3) is 0 Å². The van der Waals surface area contributed by atoms with E-state index in [9.17, 15) is 9.59 Å². The van der Waals surface area contributed by atoms with Gasteiger partial charge < -0.3 is 10.2 Å². The second kappa shape index (κ2) is 7.64. The SMILES string of the molecule is CN1C(=O)CC[C@@]2(C)C1CC[C@@H]1[C@H]2CC[C@]2(C)C(NC(=O)Cc3ccccc3)CC[C@@H]12. The molecule has 7 atom stereocenters. The first kappa shape index (κ1) is 21.0. The Morgan fingerprint density at radius 1 is 1.00 bits per heavy atom. The van der Waals surface area contributed by atoms with Gasteiger partial charge in [0.05, 0.1) is 6.42 Å². The Hall–Kier alpha value is -1.84. The molecule has 0 bridgehead atoms. The molecule has 168 valence electrons. The zero-order valence-corrected chi connectivity index (χ0v) is 19.4. The lowest BCUT2D eigenvalue weighted by Gasteiger charge is -2.61. The summed E-state index contributed by atoms with van der Waals surface area (Å²) in [5.41, 5.74) is 1.57. The highest BCUT2D eigenvalue weighted by Gasteiger charge is 2.61. The fourth-order valence-electron chi connectivity index (χ4n) is 8.41. The molecule has 1 saturated heterocycles. The summed E-state index contributed by atoms with van der Waals surface area (Å²) >= 11 is 0. The van der Waals surface area contributed by atoms with Crippen LogP contribution in [0.4, 0.5) is 0 Å². The fourth-order valence-corrected chi connectivity index (χ4v) is 8.41. The fraction of sp³-hybridized carbons (Fsp3) is 0.704. The number of fused-ring (bicyclic) bond motifs is 5. The molecule has 2 amide bonds. The first-order valence-corrected chi connectivity index (χ1v) is 12.4. The first-order valence-electron chi connectivity index (χ1n) is 12.4. The van der Waals surface area contributed by atoms with Crippen molar-refractivity contribution in [3.05, 3.63) is 35.9 Å². The molecule has 1 N–H and O–H groups in total. The van der Waals surface area contributed by atoms with E-state index >= 15 is 0 Å². The van der Waals surface area contributed by atoms with Gasteiger partial charge in [-0.2, -0.15) is 0 Å². The van der Waals surface area contributed by atoms with E-state index in [0.29, 0.717) is 36.8 Å². The largest absolute Gasteiger partial charge is 0.353 e. The minimum absolute atomic E-state index is 0.170. The Kier molecular flexibility index (Phi) is 5.18. The highest BCUT2D eigenvalue weighted by atomic mass is 16.2. The van der Waals surface area contributed by atoms with Gasteiger partial charge in [0.1, 0.15) is 0 Å². The molecule has 4 heteroatoms. The predicted molar refractivity (Wildman–Crippen MR) is 122 cm³/mol. The predicted octanol–water partition coefficient (Wildman–Crippen LogP) is 4.58. The standard InChI is InChI=1S/C27H38N2O2/c1-26-15-13-21-19(9-12-23-27(21,2)16-14-25(31)29(23)3)20(26)10-11-22(26)28-24(30)17-18-7-5-4-6-8-18/h4-8,19-23H,9-17H2,1-3H3,(H,28,30)/t19-,20-,21+,22?,23?,26-,27+/m0/s1. The molecule has 1 heterocycles. The van der Waals surface area contributed by atoms with Gasteiger partial charge >= 0.3 is 0 Å². The van der Waals surface area contributed by atoms with Gasteiger partial charge in [-0.1, -0.05) is 44.2 Å². The molecule has 1 aromatic carbocycles. The lowest BCUT2D eigenvalue weighted by atomic mass is 9.47. The number of carbonyl (C=O) groups is 2. The number of carbonyl (C=O) groups excluding carboxylic acids is 2. The van der Waals surface area contributed by atoms with E-state index in [2.05, 4.69) is 24.1 Å². The summed E-state index contributed by atoms with van der Waals surface area (Å²) in [6.45, 7) is 4.94. The number of hydrogen-bond acceptors (Lipinski definition) is 2. The van der Waals surface area contributed by atoms with Crippen LogP contribution in [0.1, 0.15) is 70.8 Å².